The average molecular weight is 183 g/mol. The molecule has 0 aromatic carbocycles. The van der Waals surface area contributed by atoms with Crippen molar-refractivity contribution in [3.63, 3.8) is 0 Å². The molecule has 13 heavy (non-hydrogen) atoms. The number of rotatable bonds is 3. The fourth-order valence-electron chi connectivity index (χ4n) is 2.43. The number of primary amides is 1. The molecule has 3 fully saturated rings. The van der Waals surface area contributed by atoms with Crippen LogP contribution in [0.4, 0.5) is 0 Å². The summed E-state index contributed by atoms with van der Waals surface area (Å²) in [4.78, 5) is 13.1. The Morgan fingerprint density at radius 3 is 2.62 bits per heavy atom. The van der Waals surface area contributed by atoms with Crippen LogP contribution in [0.5, 0.6) is 0 Å². The van der Waals surface area contributed by atoms with E-state index in [2.05, 4.69) is 10.2 Å². The van der Waals surface area contributed by atoms with E-state index in [1.807, 2.05) is 0 Å². The van der Waals surface area contributed by atoms with Crippen LogP contribution in [-0.2, 0) is 4.79 Å². The maximum atomic E-state index is 10.6. The van der Waals surface area contributed by atoms with Crippen molar-refractivity contribution < 1.29 is 4.79 Å². The molecular weight excluding hydrogens is 166 g/mol. The topological polar surface area (TPSA) is 58.4 Å². The number of hydrogen-bond acceptors (Lipinski definition) is 3. The van der Waals surface area contributed by atoms with Crippen LogP contribution in [-0.4, -0.2) is 43.0 Å². The van der Waals surface area contributed by atoms with Gasteiger partial charge in [-0.15, -0.1) is 0 Å². The Hall–Kier alpha value is -0.610. The molecule has 0 spiro atoms. The first-order valence-corrected chi connectivity index (χ1v) is 5.00. The first-order valence-electron chi connectivity index (χ1n) is 5.00. The fourth-order valence-corrected chi connectivity index (χ4v) is 2.43. The molecule has 4 nitrogen and oxygen atoms in total. The quantitative estimate of drug-likeness (QED) is 0.599. The third-order valence-electron chi connectivity index (χ3n) is 3.19. The van der Waals surface area contributed by atoms with Crippen molar-refractivity contribution in [3.8, 4) is 0 Å². The highest BCUT2D eigenvalue weighted by Gasteiger charge is 2.33. The molecule has 3 rings (SSSR count). The van der Waals surface area contributed by atoms with Gasteiger partial charge in [0.1, 0.15) is 0 Å². The van der Waals surface area contributed by atoms with E-state index in [4.69, 9.17) is 5.73 Å². The van der Waals surface area contributed by atoms with Gasteiger partial charge in [-0.25, -0.2) is 0 Å². The van der Waals surface area contributed by atoms with E-state index in [0.717, 1.165) is 12.5 Å². The number of nitrogens with one attached hydrogen (secondary N) is 1. The number of hydrogen-bond donors (Lipinski definition) is 2. The number of nitrogens with zero attached hydrogens (tertiary/aromatic N) is 1. The predicted molar refractivity (Wildman–Crippen MR) is 50.1 cm³/mol. The van der Waals surface area contributed by atoms with Gasteiger partial charge in [0.15, 0.2) is 0 Å². The standard InChI is InChI=1S/C9H17N3O/c10-9(13)5-11-8-6-12-3-1-7(8)2-4-12/h7-8,11H,1-6H2,(H2,10,13). The maximum Gasteiger partial charge on any atom is 0.231 e. The van der Waals surface area contributed by atoms with Gasteiger partial charge in [0.25, 0.3) is 0 Å². The molecule has 74 valence electrons. The number of amides is 1. The summed E-state index contributed by atoms with van der Waals surface area (Å²) in [6.07, 6.45) is 2.55. The van der Waals surface area contributed by atoms with E-state index in [1.165, 1.54) is 25.9 Å². The zero-order chi connectivity index (χ0) is 9.26. The van der Waals surface area contributed by atoms with Gasteiger partial charge in [-0.05, 0) is 31.8 Å². The van der Waals surface area contributed by atoms with Crippen molar-refractivity contribution in [2.24, 2.45) is 11.7 Å². The van der Waals surface area contributed by atoms with Crippen molar-refractivity contribution in [2.75, 3.05) is 26.2 Å². The Morgan fingerprint density at radius 1 is 1.46 bits per heavy atom. The molecule has 3 saturated heterocycles. The molecule has 3 aliphatic heterocycles. The molecule has 0 radical (unpaired) electrons. The van der Waals surface area contributed by atoms with Gasteiger partial charge in [-0.1, -0.05) is 0 Å². The van der Waals surface area contributed by atoms with Gasteiger partial charge >= 0.3 is 0 Å². The largest absolute Gasteiger partial charge is 0.369 e. The summed E-state index contributed by atoms with van der Waals surface area (Å²) in [5, 5.41) is 3.24. The number of carbonyl (C=O) groups excluding carboxylic acids is 1. The van der Waals surface area contributed by atoms with Gasteiger partial charge in [-0.2, -0.15) is 0 Å². The monoisotopic (exact) mass is 183 g/mol. The zero-order valence-corrected chi connectivity index (χ0v) is 7.83. The second-order valence-corrected chi connectivity index (χ2v) is 4.09. The highest BCUT2D eigenvalue weighted by molar-refractivity contribution is 5.75. The molecule has 3 N–H and O–H groups in total. The van der Waals surface area contributed by atoms with Crippen LogP contribution < -0.4 is 11.1 Å². The molecule has 1 atom stereocenters. The van der Waals surface area contributed by atoms with Crippen molar-refractivity contribution in [2.45, 2.75) is 18.9 Å². The second kappa shape index (κ2) is 3.64. The van der Waals surface area contributed by atoms with Crippen LogP contribution in [0.25, 0.3) is 0 Å². The molecule has 0 aromatic rings. The summed E-state index contributed by atoms with van der Waals surface area (Å²) in [5.74, 6) is 0.515. The van der Waals surface area contributed by atoms with E-state index in [1.54, 1.807) is 0 Å². The Balaban J connectivity index is 1.83. The van der Waals surface area contributed by atoms with Crippen molar-refractivity contribution in [1.29, 1.82) is 0 Å². The highest BCUT2D eigenvalue weighted by Crippen LogP contribution is 2.27. The molecule has 3 heterocycles. The van der Waals surface area contributed by atoms with E-state index in [-0.39, 0.29) is 5.91 Å². The van der Waals surface area contributed by atoms with Crippen LogP contribution in [0, 0.1) is 5.92 Å². The number of nitrogens with two attached hydrogens (primary N) is 1. The highest BCUT2D eigenvalue weighted by atomic mass is 16.1. The normalized spacial score (nSPS) is 37.7. The Kier molecular flexibility index (Phi) is 2.51. The minimum Gasteiger partial charge on any atom is -0.369 e. The van der Waals surface area contributed by atoms with E-state index < -0.39 is 0 Å². The number of carbonyl (C=O) groups is 1. The lowest BCUT2D eigenvalue weighted by Gasteiger charge is -2.45. The Morgan fingerprint density at radius 2 is 2.15 bits per heavy atom. The zero-order valence-electron chi connectivity index (χ0n) is 7.83. The lowest BCUT2D eigenvalue weighted by molar-refractivity contribution is -0.117. The third kappa shape index (κ3) is 2.00. The van der Waals surface area contributed by atoms with Gasteiger partial charge in [0.2, 0.25) is 5.91 Å². The van der Waals surface area contributed by atoms with Gasteiger partial charge in [0.05, 0.1) is 6.54 Å². The summed E-state index contributed by atoms with van der Waals surface area (Å²) in [6.45, 7) is 3.89. The van der Waals surface area contributed by atoms with E-state index >= 15 is 0 Å². The number of fused-ring (bicyclic) bond motifs is 3. The van der Waals surface area contributed by atoms with E-state index in [9.17, 15) is 4.79 Å². The SMILES string of the molecule is NC(=O)CNC1CN2CCC1CC2. The predicted octanol–water partition coefficient (Wildman–Crippen LogP) is -0.844. The molecule has 0 saturated carbocycles. The van der Waals surface area contributed by atoms with Crippen LogP contribution in [0.1, 0.15) is 12.8 Å². The van der Waals surface area contributed by atoms with Crippen molar-refractivity contribution >= 4 is 5.91 Å². The fraction of sp³-hybridized carbons (Fsp3) is 0.889. The second-order valence-electron chi connectivity index (χ2n) is 4.09. The average Bonchev–Trinajstić information content (AvgIpc) is 2.17. The minimum atomic E-state index is -0.253. The molecule has 4 heteroatoms. The Labute approximate surface area is 78.5 Å². The summed E-state index contributed by atoms with van der Waals surface area (Å²) in [5.41, 5.74) is 5.09. The smallest absolute Gasteiger partial charge is 0.231 e. The van der Waals surface area contributed by atoms with Gasteiger partial charge in [-0.3, -0.25) is 4.79 Å². The third-order valence-corrected chi connectivity index (χ3v) is 3.19. The van der Waals surface area contributed by atoms with E-state index in [0.29, 0.717) is 12.6 Å². The molecule has 0 aliphatic carbocycles. The van der Waals surface area contributed by atoms with Crippen molar-refractivity contribution in [1.82, 2.24) is 10.2 Å². The molecular formula is C9H17N3O. The lowest BCUT2D eigenvalue weighted by atomic mass is 9.84. The molecule has 1 unspecified atom stereocenters. The molecule has 0 aromatic heterocycles. The van der Waals surface area contributed by atoms with Crippen LogP contribution in [0.3, 0.4) is 0 Å². The number of piperidine rings is 3. The van der Waals surface area contributed by atoms with Crippen LogP contribution >= 0.6 is 0 Å². The minimum absolute atomic E-state index is 0.253. The maximum absolute atomic E-state index is 10.6. The van der Waals surface area contributed by atoms with Gasteiger partial charge in [0, 0.05) is 12.6 Å². The lowest BCUT2D eigenvalue weighted by Crippen LogP contribution is -2.57. The molecule has 3 aliphatic rings. The summed E-state index contributed by atoms with van der Waals surface area (Å²) < 4.78 is 0. The first-order chi connectivity index (χ1) is 6.25. The summed E-state index contributed by atoms with van der Waals surface area (Å²) in [6, 6.07) is 0.495. The summed E-state index contributed by atoms with van der Waals surface area (Å²) >= 11 is 0. The summed E-state index contributed by atoms with van der Waals surface area (Å²) in [7, 11) is 0. The first kappa shape index (κ1) is 8.97. The van der Waals surface area contributed by atoms with Gasteiger partial charge < -0.3 is 16.0 Å². The van der Waals surface area contributed by atoms with Crippen LogP contribution in [0.15, 0.2) is 0 Å². The molecule has 2 bridgehead atoms. The Bertz CT molecular complexity index is 199. The van der Waals surface area contributed by atoms with Crippen LogP contribution in [0.2, 0.25) is 0 Å². The van der Waals surface area contributed by atoms with Crippen molar-refractivity contribution in [3.05, 3.63) is 0 Å². The molecule has 1 amide bonds.